The minimum atomic E-state index is -0.203. The number of pyridine rings is 1. The molecule has 0 spiro atoms. The molecular weight excluding hydrogens is 224 g/mol. The molecule has 2 aromatic rings. The Balaban J connectivity index is 2.21. The molecule has 0 fully saturated rings. The summed E-state index contributed by atoms with van der Waals surface area (Å²) in [5, 5.41) is 9.75. The van der Waals surface area contributed by atoms with Gasteiger partial charge in [-0.1, -0.05) is 0 Å². The van der Waals surface area contributed by atoms with E-state index in [0.29, 0.717) is 15.7 Å². The maximum absolute atomic E-state index is 11.0. The summed E-state index contributed by atoms with van der Waals surface area (Å²) in [5.74, 6) is 0. The number of nitrogens with zero attached hydrogens (tertiary/aromatic N) is 3. The predicted molar refractivity (Wildman–Crippen MR) is 57.9 cm³/mol. The fourth-order valence-corrected chi connectivity index (χ4v) is 1.71. The molecule has 6 heteroatoms. The SMILES string of the molecule is N#Cc1ccc(Sc2nccc(=O)[nH]2)nc1. The molecule has 0 aliphatic rings. The summed E-state index contributed by atoms with van der Waals surface area (Å²) in [4.78, 5) is 21.6. The molecule has 2 rings (SSSR count). The van der Waals surface area contributed by atoms with Crippen LogP contribution in [0.5, 0.6) is 0 Å². The smallest absolute Gasteiger partial charge is 0.251 e. The molecule has 0 saturated heterocycles. The average Bonchev–Trinajstić information content (AvgIpc) is 2.30. The van der Waals surface area contributed by atoms with Gasteiger partial charge in [-0.15, -0.1) is 0 Å². The van der Waals surface area contributed by atoms with E-state index in [1.807, 2.05) is 6.07 Å². The van der Waals surface area contributed by atoms with Crippen LogP contribution in [0.3, 0.4) is 0 Å². The lowest BCUT2D eigenvalue weighted by atomic mass is 10.3. The standard InChI is InChI=1S/C10H6N4OS/c11-5-7-1-2-9(13-6-7)16-10-12-4-3-8(15)14-10/h1-4,6H,(H,12,14,15). The first-order chi connectivity index (χ1) is 7.78. The Kier molecular flexibility index (Phi) is 2.98. The molecule has 0 saturated carbocycles. The quantitative estimate of drug-likeness (QED) is 0.783. The van der Waals surface area contributed by atoms with Gasteiger partial charge in [-0.25, -0.2) is 9.97 Å². The van der Waals surface area contributed by atoms with Crippen LogP contribution in [0.25, 0.3) is 0 Å². The Morgan fingerprint density at radius 3 is 2.81 bits per heavy atom. The third kappa shape index (κ3) is 2.46. The zero-order valence-corrected chi connectivity index (χ0v) is 8.86. The first-order valence-corrected chi connectivity index (χ1v) is 5.19. The second kappa shape index (κ2) is 4.59. The second-order valence-corrected chi connectivity index (χ2v) is 3.85. The van der Waals surface area contributed by atoms with Crippen molar-refractivity contribution in [3.63, 3.8) is 0 Å². The normalized spacial score (nSPS) is 9.69. The highest BCUT2D eigenvalue weighted by Gasteiger charge is 2.00. The third-order valence-electron chi connectivity index (χ3n) is 1.71. The molecule has 0 aliphatic heterocycles. The average molecular weight is 230 g/mol. The van der Waals surface area contributed by atoms with Gasteiger partial charge in [-0.2, -0.15) is 5.26 Å². The van der Waals surface area contributed by atoms with Crippen LogP contribution in [0, 0.1) is 11.3 Å². The largest absolute Gasteiger partial charge is 0.301 e. The maximum atomic E-state index is 11.0. The zero-order valence-electron chi connectivity index (χ0n) is 8.04. The number of nitrogens with one attached hydrogen (secondary N) is 1. The molecule has 0 amide bonds. The summed E-state index contributed by atoms with van der Waals surface area (Å²) >= 11 is 1.23. The van der Waals surface area contributed by atoms with Crippen LogP contribution in [0.1, 0.15) is 5.56 Å². The third-order valence-corrected chi connectivity index (χ3v) is 2.57. The van der Waals surface area contributed by atoms with Crippen LogP contribution >= 0.6 is 11.8 Å². The van der Waals surface area contributed by atoms with Crippen molar-refractivity contribution >= 4 is 11.8 Å². The number of hydrogen-bond acceptors (Lipinski definition) is 5. The molecule has 16 heavy (non-hydrogen) atoms. The van der Waals surface area contributed by atoms with Gasteiger partial charge in [0.05, 0.1) is 5.56 Å². The van der Waals surface area contributed by atoms with Gasteiger partial charge in [0.25, 0.3) is 5.56 Å². The Morgan fingerprint density at radius 2 is 2.19 bits per heavy atom. The van der Waals surface area contributed by atoms with Crippen LogP contribution < -0.4 is 5.56 Å². The molecule has 2 aromatic heterocycles. The van der Waals surface area contributed by atoms with E-state index in [9.17, 15) is 4.79 Å². The number of hydrogen-bond donors (Lipinski definition) is 1. The minimum Gasteiger partial charge on any atom is -0.301 e. The van der Waals surface area contributed by atoms with E-state index in [-0.39, 0.29) is 5.56 Å². The van der Waals surface area contributed by atoms with Crippen molar-refractivity contribution in [1.82, 2.24) is 15.0 Å². The summed E-state index contributed by atoms with van der Waals surface area (Å²) in [7, 11) is 0. The van der Waals surface area contributed by atoms with Gasteiger partial charge in [-0.05, 0) is 23.9 Å². The molecule has 0 bridgehead atoms. The van der Waals surface area contributed by atoms with Crippen molar-refractivity contribution in [3.05, 3.63) is 46.5 Å². The summed E-state index contributed by atoms with van der Waals surface area (Å²) in [6.07, 6.45) is 2.91. The molecule has 0 aliphatic carbocycles. The highest BCUT2D eigenvalue weighted by Crippen LogP contribution is 2.20. The molecule has 0 aromatic carbocycles. The number of H-pyrrole nitrogens is 1. The van der Waals surface area contributed by atoms with Gasteiger partial charge < -0.3 is 4.98 Å². The molecule has 5 nitrogen and oxygen atoms in total. The molecule has 0 radical (unpaired) electrons. The van der Waals surface area contributed by atoms with Crippen molar-refractivity contribution in [1.29, 1.82) is 5.26 Å². The van der Waals surface area contributed by atoms with Crippen molar-refractivity contribution in [2.45, 2.75) is 10.2 Å². The van der Waals surface area contributed by atoms with E-state index < -0.39 is 0 Å². The summed E-state index contributed by atoms with van der Waals surface area (Å²) in [6, 6.07) is 6.69. The molecule has 78 valence electrons. The Bertz CT molecular complexity index is 585. The Labute approximate surface area is 95.2 Å². The fourth-order valence-electron chi connectivity index (χ4n) is 1.01. The van der Waals surface area contributed by atoms with E-state index in [1.165, 1.54) is 30.2 Å². The topological polar surface area (TPSA) is 82.4 Å². The van der Waals surface area contributed by atoms with Crippen LogP contribution in [0.15, 0.2) is 45.6 Å². The lowest BCUT2D eigenvalue weighted by Crippen LogP contribution is -2.05. The van der Waals surface area contributed by atoms with Gasteiger partial charge in [0.2, 0.25) is 0 Å². The van der Waals surface area contributed by atoms with E-state index in [4.69, 9.17) is 5.26 Å². The highest BCUT2D eigenvalue weighted by molar-refractivity contribution is 7.99. The number of rotatable bonds is 2. The van der Waals surface area contributed by atoms with Crippen LogP contribution in [0.4, 0.5) is 0 Å². The highest BCUT2D eigenvalue weighted by atomic mass is 32.2. The molecule has 0 unspecified atom stereocenters. The van der Waals surface area contributed by atoms with Gasteiger partial charge in [0.15, 0.2) is 5.16 Å². The van der Waals surface area contributed by atoms with Crippen LogP contribution in [-0.2, 0) is 0 Å². The number of aromatic amines is 1. The lowest BCUT2D eigenvalue weighted by Gasteiger charge is -1.98. The van der Waals surface area contributed by atoms with Crippen molar-refractivity contribution in [2.24, 2.45) is 0 Å². The number of nitriles is 1. The van der Waals surface area contributed by atoms with E-state index >= 15 is 0 Å². The summed E-state index contributed by atoms with van der Waals surface area (Å²) in [5.41, 5.74) is 0.296. The van der Waals surface area contributed by atoms with Gasteiger partial charge in [-0.3, -0.25) is 4.79 Å². The van der Waals surface area contributed by atoms with E-state index in [0.717, 1.165) is 0 Å². The van der Waals surface area contributed by atoms with Crippen molar-refractivity contribution in [3.8, 4) is 6.07 Å². The first-order valence-electron chi connectivity index (χ1n) is 4.37. The van der Waals surface area contributed by atoms with E-state index in [1.54, 1.807) is 12.1 Å². The molecule has 2 heterocycles. The summed E-state index contributed by atoms with van der Waals surface area (Å²) in [6.45, 7) is 0. The van der Waals surface area contributed by atoms with E-state index in [2.05, 4.69) is 15.0 Å². The minimum absolute atomic E-state index is 0.203. The van der Waals surface area contributed by atoms with Crippen LogP contribution in [-0.4, -0.2) is 15.0 Å². The Morgan fingerprint density at radius 1 is 1.31 bits per heavy atom. The first kappa shape index (κ1) is 10.4. The lowest BCUT2D eigenvalue weighted by molar-refractivity contribution is 0.931. The number of aromatic nitrogens is 3. The fraction of sp³-hybridized carbons (Fsp3) is 0. The van der Waals surface area contributed by atoms with Crippen molar-refractivity contribution in [2.75, 3.05) is 0 Å². The predicted octanol–water partition coefficient (Wildman–Crippen LogP) is 1.19. The Hall–Kier alpha value is -2.13. The maximum Gasteiger partial charge on any atom is 0.251 e. The van der Waals surface area contributed by atoms with Crippen molar-refractivity contribution < 1.29 is 0 Å². The summed E-state index contributed by atoms with van der Waals surface area (Å²) < 4.78 is 0. The van der Waals surface area contributed by atoms with Gasteiger partial charge in [0, 0.05) is 18.5 Å². The molecule has 1 N–H and O–H groups in total. The van der Waals surface area contributed by atoms with Gasteiger partial charge in [0.1, 0.15) is 11.1 Å². The second-order valence-electron chi connectivity index (χ2n) is 2.84. The van der Waals surface area contributed by atoms with Crippen LogP contribution in [0.2, 0.25) is 0 Å². The molecule has 0 atom stereocenters. The molecular formula is C10H6N4OS. The zero-order chi connectivity index (χ0) is 11.4. The van der Waals surface area contributed by atoms with Gasteiger partial charge >= 0.3 is 0 Å². The monoisotopic (exact) mass is 230 g/mol.